The van der Waals surface area contributed by atoms with Crippen LogP contribution < -0.4 is 5.63 Å². The van der Waals surface area contributed by atoms with Crippen molar-refractivity contribution in [2.45, 2.75) is 46.1 Å². The number of benzene rings is 2. The molecule has 0 unspecified atom stereocenters. The zero-order valence-corrected chi connectivity index (χ0v) is 18.0. The van der Waals surface area contributed by atoms with Gasteiger partial charge in [-0.1, -0.05) is 26.0 Å². The molecule has 0 bridgehead atoms. The van der Waals surface area contributed by atoms with Crippen molar-refractivity contribution >= 4 is 38.5 Å². The number of para-hydroxylation sites is 1. The number of hydrogen-bond acceptors (Lipinski definition) is 6. The number of aryl methyl sites for hydroxylation is 2. The molecule has 0 fully saturated rings. The average molecular weight is 422 g/mol. The molecule has 0 radical (unpaired) electrons. The number of aromatic nitrogens is 1. The SMILES string of the molecule is Cc1cc2oc(=O)cc(COC(=O)CCc3nc4ccccc4s3)c2cc1C(C)C. The first kappa shape index (κ1) is 20.3. The molecule has 0 aliphatic rings. The minimum absolute atomic E-state index is 0.0430. The lowest BCUT2D eigenvalue weighted by Gasteiger charge is -2.13. The molecule has 0 amide bonds. The van der Waals surface area contributed by atoms with E-state index in [1.807, 2.05) is 43.3 Å². The fourth-order valence-corrected chi connectivity index (χ4v) is 4.57. The Morgan fingerprint density at radius 1 is 1.20 bits per heavy atom. The molecule has 4 rings (SSSR count). The van der Waals surface area contributed by atoms with Gasteiger partial charge >= 0.3 is 11.6 Å². The third kappa shape index (κ3) is 4.28. The number of esters is 1. The number of carbonyl (C=O) groups excluding carboxylic acids is 1. The van der Waals surface area contributed by atoms with Crippen LogP contribution in [0.5, 0.6) is 0 Å². The number of carbonyl (C=O) groups is 1. The summed E-state index contributed by atoms with van der Waals surface area (Å²) in [5, 5.41) is 1.72. The molecule has 6 heteroatoms. The second-order valence-corrected chi connectivity index (χ2v) is 8.80. The quantitative estimate of drug-likeness (QED) is 0.303. The molecule has 0 aliphatic carbocycles. The standard InChI is InChI=1S/C24H23NO4S/c1-14(2)17-12-18-16(11-24(27)29-20(18)10-15(17)3)13-28-23(26)9-8-22-25-19-6-4-5-7-21(19)30-22/h4-7,10-12,14H,8-9,13H2,1-3H3. The third-order valence-corrected chi connectivity index (χ3v) is 6.20. The largest absolute Gasteiger partial charge is 0.461 e. The van der Waals surface area contributed by atoms with Crippen LogP contribution in [-0.2, 0) is 22.6 Å². The Kier molecular flexibility index (Phi) is 5.68. The monoisotopic (exact) mass is 421 g/mol. The highest BCUT2D eigenvalue weighted by atomic mass is 32.1. The Labute approximate surface area is 178 Å². The first-order chi connectivity index (χ1) is 14.4. The van der Waals surface area contributed by atoms with E-state index in [4.69, 9.17) is 9.15 Å². The van der Waals surface area contributed by atoms with Crippen LogP contribution in [0.1, 0.15) is 47.9 Å². The molecule has 154 valence electrons. The molecule has 0 saturated carbocycles. The summed E-state index contributed by atoms with van der Waals surface area (Å²) >= 11 is 1.59. The zero-order valence-electron chi connectivity index (χ0n) is 17.2. The summed E-state index contributed by atoms with van der Waals surface area (Å²) < 4.78 is 11.9. The van der Waals surface area contributed by atoms with Gasteiger partial charge in [0.25, 0.3) is 0 Å². The lowest BCUT2D eigenvalue weighted by atomic mass is 9.95. The van der Waals surface area contributed by atoms with Crippen molar-refractivity contribution in [1.29, 1.82) is 0 Å². The minimum atomic E-state index is -0.445. The van der Waals surface area contributed by atoms with Crippen LogP contribution in [0.2, 0.25) is 0 Å². The summed E-state index contributed by atoms with van der Waals surface area (Å²) in [7, 11) is 0. The maximum absolute atomic E-state index is 12.3. The van der Waals surface area contributed by atoms with Crippen molar-refractivity contribution in [3.63, 3.8) is 0 Å². The molecule has 0 aliphatic heterocycles. The summed E-state index contributed by atoms with van der Waals surface area (Å²) in [5.74, 6) is 0.0254. The second-order valence-electron chi connectivity index (χ2n) is 7.69. The van der Waals surface area contributed by atoms with Crippen LogP contribution in [0.25, 0.3) is 21.2 Å². The normalized spacial score (nSPS) is 11.5. The summed E-state index contributed by atoms with van der Waals surface area (Å²) in [4.78, 5) is 28.8. The Balaban J connectivity index is 1.47. The lowest BCUT2D eigenvalue weighted by Crippen LogP contribution is -2.09. The van der Waals surface area contributed by atoms with Gasteiger partial charge < -0.3 is 9.15 Å². The number of nitrogens with zero attached hydrogens (tertiary/aromatic N) is 1. The zero-order chi connectivity index (χ0) is 21.3. The molecule has 5 nitrogen and oxygen atoms in total. The van der Waals surface area contributed by atoms with Gasteiger partial charge in [0.05, 0.1) is 21.6 Å². The third-order valence-electron chi connectivity index (χ3n) is 5.11. The first-order valence-corrected chi connectivity index (χ1v) is 10.8. The summed E-state index contributed by atoms with van der Waals surface area (Å²) in [6.45, 7) is 6.29. The van der Waals surface area contributed by atoms with Crippen molar-refractivity contribution in [2.75, 3.05) is 0 Å². The van der Waals surface area contributed by atoms with E-state index in [9.17, 15) is 9.59 Å². The molecule has 0 atom stereocenters. The van der Waals surface area contributed by atoms with Gasteiger partial charge in [-0.3, -0.25) is 4.79 Å². The van der Waals surface area contributed by atoms with Crippen LogP contribution in [0.15, 0.2) is 51.7 Å². The van der Waals surface area contributed by atoms with Crippen LogP contribution in [0.3, 0.4) is 0 Å². The molecule has 30 heavy (non-hydrogen) atoms. The molecular formula is C24H23NO4S. The number of hydrogen-bond donors (Lipinski definition) is 0. The van der Waals surface area contributed by atoms with Crippen LogP contribution in [-0.4, -0.2) is 11.0 Å². The summed E-state index contributed by atoms with van der Waals surface area (Å²) in [6, 6.07) is 13.2. The van der Waals surface area contributed by atoms with Crippen LogP contribution >= 0.6 is 11.3 Å². The van der Waals surface area contributed by atoms with E-state index in [-0.39, 0.29) is 19.0 Å². The molecule has 0 spiro atoms. The molecule has 2 aromatic carbocycles. The van der Waals surface area contributed by atoms with Gasteiger partial charge in [0, 0.05) is 23.4 Å². The lowest BCUT2D eigenvalue weighted by molar-refractivity contribution is -0.144. The fourth-order valence-electron chi connectivity index (χ4n) is 3.60. The summed E-state index contributed by atoms with van der Waals surface area (Å²) in [5.41, 5.74) is 3.94. The molecular weight excluding hydrogens is 398 g/mol. The van der Waals surface area contributed by atoms with E-state index in [0.29, 0.717) is 23.5 Å². The molecule has 0 saturated heterocycles. The first-order valence-electron chi connectivity index (χ1n) is 9.98. The van der Waals surface area contributed by atoms with Crippen molar-refractivity contribution < 1.29 is 13.9 Å². The maximum Gasteiger partial charge on any atom is 0.336 e. The topological polar surface area (TPSA) is 69.4 Å². The van der Waals surface area contributed by atoms with Gasteiger partial charge in [0.1, 0.15) is 12.2 Å². The number of ether oxygens (including phenoxy) is 1. The molecule has 0 N–H and O–H groups in total. The predicted octanol–water partition coefficient (Wildman–Crippen LogP) is 5.51. The van der Waals surface area contributed by atoms with E-state index in [1.54, 1.807) is 11.3 Å². The van der Waals surface area contributed by atoms with E-state index in [1.165, 1.54) is 11.6 Å². The van der Waals surface area contributed by atoms with Gasteiger partial charge in [-0.25, -0.2) is 9.78 Å². The van der Waals surface area contributed by atoms with E-state index in [2.05, 4.69) is 18.8 Å². The van der Waals surface area contributed by atoms with E-state index >= 15 is 0 Å². The molecule has 4 aromatic rings. The highest BCUT2D eigenvalue weighted by Gasteiger charge is 2.13. The van der Waals surface area contributed by atoms with Crippen LogP contribution in [0, 0.1) is 6.92 Å². The number of rotatable bonds is 6. The van der Waals surface area contributed by atoms with Gasteiger partial charge in [0.15, 0.2) is 0 Å². The fraction of sp³-hybridized carbons (Fsp3) is 0.292. The predicted molar refractivity (Wildman–Crippen MR) is 119 cm³/mol. The van der Waals surface area contributed by atoms with E-state index in [0.717, 1.165) is 26.2 Å². The highest BCUT2D eigenvalue weighted by molar-refractivity contribution is 7.18. The van der Waals surface area contributed by atoms with Crippen LogP contribution in [0.4, 0.5) is 0 Å². The van der Waals surface area contributed by atoms with Crippen molar-refractivity contribution in [2.24, 2.45) is 0 Å². The Bertz CT molecular complexity index is 1250. The average Bonchev–Trinajstić information content (AvgIpc) is 3.12. The second kappa shape index (κ2) is 8.40. The molecule has 2 heterocycles. The van der Waals surface area contributed by atoms with Crippen molar-refractivity contribution in [3.05, 3.63) is 74.6 Å². The van der Waals surface area contributed by atoms with Gasteiger partial charge in [-0.2, -0.15) is 0 Å². The van der Waals surface area contributed by atoms with Crippen molar-refractivity contribution in [1.82, 2.24) is 4.98 Å². The molecule has 2 aromatic heterocycles. The Morgan fingerprint density at radius 2 is 2.00 bits per heavy atom. The Hall–Kier alpha value is -2.99. The van der Waals surface area contributed by atoms with Gasteiger partial charge in [0.2, 0.25) is 0 Å². The maximum atomic E-state index is 12.3. The Morgan fingerprint density at radius 3 is 2.77 bits per heavy atom. The smallest absolute Gasteiger partial charge is 0.336 e. The van der Waals surface area contributed by atoms with E-state index < -0.39 is 5.63 Å². The van der Waals surface area contributed by atoms with Gasteiger partial charge in [-0.15, -0.1) is 11.3 Å². The number of fused-ring (bicyclic) bond motifs is 2. The van der Waals surface area contributed by atoms with Gasteiger partial charge in [-0.05, 0) is 48.2 Å². The summed E-state index contributed by atoms with van der Waals surface area (Å²) in [6.07, 6.45) is 0.780. The minimum Gasteiger partial charge on any atom is -0.461 e. The number of thiazole rings is 1. The highest BCUT2D eigenvalue weighted by Crippen LogP contribution is 2.27. The van der Waals surface area contributed by atoms with Crippen molar-refractivity contribution in [3.8, 4) is 0 Å².